The van der Waals surface area contributed by atoms with Gasteiger partial charge in [0.15, 0.2) is 0 Å². The molecule has 19 heavy (non-hydrogen) atoms. The van der Waals surface area contributed by atoms with Crippen LogP contribution in [0.1, 0.15) is 30.4 Å². The molecule has 0 bridgehead atoms. The lowest BCUT2D eigenvalue weighted by atomic mass is 9.67. The van der Waals surface area contributed by atoms with Gasteiger partial charge in [-0.15, -0.1) is 0 Å². The first kappa shape index (κ1) is 14.0. The summed E-state index contributed by atoms with van der Waals surface area (Å²) >= 11 is 0. The van der Waals surface area contributed by atoms with E-state index in [0.717, 1.165) is 24.0 Å². The van der Waals surface area contributed by atoms with Crippen molar-refractivity contribution in [1.29, 1.82) is 0 Å². The van der Waals surface area contributed by atoms with Gasteiger partial charge in [0.2, 0.25) is 0 Å². The number of carboxylic acid groups (broad SMARTS) is 1. The van der Waals surface area contributed by atoms with E-state index >= 15 is 0 Å². The van der Waals surface area contributed by atoms with Crippen LogP contribution in [0.3, 0.4) is 0 Å². The van der Waals surface area contributed by atoms with Crippen molar-refractivity contribution in [3.63, 3.8) is 0 Å². The van der Waals surface area contributed by atoms with Crippen LogP contribution in [0.4, 0.5) is 0 Å². The number of fused-ring (bicyclic) bond motifs is 1. The Morgan fingerprint density at radius 1 is 1.47 bits per heavy atom. The Bertz CT molecular complexity index is 457. The molecule has 104 valence electrons. The molecule has 0 aromatic heterocycles. The van der Waals surface area contributed by atoms with Gasteiger partial charge in [-0.05, 0) is 36.8 Å². The van der Waals surface area contributed by atoms with E-state index < -0.39 is 17.5 Å². The molecule has 0 saturated carbocycles. The Balaban J connectivity index is 2.38. The molecule has 4 heteroatoms. The number of carbonyl (C=O) groups is 1. The summed E-state index contributed by atoms with van der Waals surface area (Å²) in [7, 11) is 1.51. The molecule has 0 fully saturated rings. The maximum atomic E-state index is 11.8. The number of carboxylic acids is 1. The Morgan fingerprint density at radius 2 is 2.21 bits per heavy atom. The summed E-state index contributed by atoms with van der Waals surface area (Å²) in [6.45, 7) is 0.164. The fourth-order valence-corrected chi connectivity index (χ4v) is 3.10. The van der Waals surface area contributed by atoms with Crippen LogP contribution in [0, 0.1) is 0 Å². The van der Waals surface area contributed by atoms with Gasteiger partial charge in [0, 0.05) is 7.11 Å². The van der Waals surface area contributed by atoms with E-state index in [2.05, 4.69) is 0 Å². The summed E-state index contributed by atoms with van der Waals surface area (Å²) in [5.41, 5.74) is 0.956. The molecule has 0 saturated heterocycles. The van der Waals surface area contributed by atoms with Crippen molar-refractivity contribution in [2.24, 2.45) is 0 Å². The van der Waals surface area contributed by atoms with Gasteiger partial charge in [0.05, 0.1) is 18.1 Å². The Hall–Kier alpha value is -1.39. The standard InChI is InChI=1S/C15H20O4/c1-19-10-12(16)9-15(14(17)18)8-4-6-11-5-2-3-7-13(11)15/h2-3,5,7,12,16H,4,6,8-10H2,1H3,(H,17,18). The maximum absolute atomic E-state index is 11.8. The van der Waals surface area contributed by atoms with E-state index in [1.54, 1.807) is 0 Å². The molecule has 0 aliphatic heterocycles. The van der Waals surface area contributed by atoms with E-state index in [1.807, 2.05) is 24.3 Å². The van der Waals surface area contributed by atoms with E-state index in [9.17, 15) is 15.0 Å². The molecule has 2 rings (SSSR count). The van der Waals surface area contributed by atoms with Crippen molar-refractivity contribution in [2.45, 2.75) is 37.2 Å². The van der Waals surface area contributed by atoms with Crippen LogP contribution in [0.15, 0.2) is 24.3 Å². The van der Waals surface area contributed by atoms with Crippen molar-refractivity contribution >= 4 is 5.97 Å². The van der Waals surface area contributed by atoms with Crippen molar-refractivity contribution in [1.82, 2.24) is 0 Å². The topological polar surface area (TPSA) is 66.8 Å². The fourth-order valence-electron chi connectivity index (χ4n) is 3.10. The minimum Gasteiger partial charge on any atom is -0.481 e. The van der Waals surface area contributed by atoms with Crippen LogP contribution in [0.5, 0.6) is 0 Å². The second kappa shape index (κ2) is 5.72. The number of benzene rings is 1. The third-order valence-corrected chi connectivity index (χ3v) is 3.94. The second-order valence-corrected chi connectivity index (χ2v) is 5.21. The summed E-state index contributed by atoms with van der Waals surface area (Å²) in [6, 6.07) is 7.66. The van der Waals surface area contributed by atoms with Crippen molar-refractivity contribution in [3.8, 4) is 0 Å². The lowest BCUT2D eigenvalue weighted by Gasteiger charge is -2.36. The molecular weight excluding hydrogens is 244 g/mol. The second-order valence-electron chi connectivity index (χ2n) is 5.21. The molecule has 0 heterocycles. The largest absolute Gasteiger partial charge is 0.481 e. The zero-order chi connectivity index (χ0) is 13.9. The number of methoxy groups -OCH3 is 1. The van der Waals surface area contributed by atoms with Crippen LogP contribution in [-0.2, 0) is 21.4 Å². The van der Waals surface area contributed by atoms with Crippen molar-refractivity contribution < 1.29 is 19.7 Å². The highest BCUT2D eigenvalue weighted by Gasteiger charge is 2.44. The van der Waals surface area contributed by atoms with Crippen LogP contribution in [0.2, 0.25) is 0 Å². The number of ether oxygens (including phenoxy) is 1. The molecule has 0 spiro atoms. The minimum absolute atomic E-state index is 0.164. The summed E-state index contributed by atoms with van der Waals surface area (Å²) in [6.07, 6.45) is 1.76. The number of aliphatic hydroxyl groups excluding tert-OH is 1. The van der Waals surface area contributed by atoms with Gasteiger partial charge in [0.25, 0.3) is 0 Å². The van der Waals surface area contributed by atoms with Gasteiger partial charge in [-0.3, -0.25) is 4.79 Å². The maximum Gasteiger partial charge on any atom is 0.314 e. The van der Waals surface area contributed by atoms with E-state index in [0.29, 0.717) is 6.42 Å². The first-order valence-corrected chi connectivity index (χ1v) is 6.59. The molecule has 1 aliphatic rings. The summed E-state index contributed by atoms with van der Waals surface area (Å²) in [5, 5.41) is 19.7. The van der Waals surface area contributed by atoms with Crippen LogP contribution in [0.25, 0.3) is 0 Å². The highest BCUT2D eigenvalue weighted by Crippen LogP contribution is 2.41. The Morgan fingerprint density at radius 3 is 2.89 bits per heavy atom. The lowest BCUT2D eigenvalue weighted by Crippen LogP contribution is -2.42. The number of aliphatic carboxylic acids is 1. The molecular formula is C15H20O4. The molecule has 1 aliphatic carbocycles. The minimum atomic E-state index is -0.979. The molecule has 0 radical (unpaired) electrons. The highest BCUT2D eigenvalue weighted by molar-refractivity contribution is 5.82. The van der Waals surface area contributed by atoms with Crippen LogP contribution in [-0.4, -0.2) is 36.0 Å². The van der Waals surface area contributed by atoms with E-state index in [4.69, 9.17) is 4.74 Å². The van der Waals surface area contributed by atoms with Gasteiger partial charge in [-0.25, -0.2) is 0 Å². The number of rotatable bonds is 5. The quantitative estimate of drug-likeness (QED) is 0.850. The van der Waals surface area contributed by atoms with E-state index in [1.165, 1.54) is 7.11 Å². The number of hydrogen-bond donors (Lipinski definition) is 2. The molecule has 1 aromatic carbocycles. The summed E-state index contributed by atoms with van der Waals surface area (Å²) < 4.78 is 4.91. The van der Waals surface area contributed by atoms with Gasteiger partial charge in [-0.2, -0.15) is 0 Å². The molecule has 2 unspecified atom stereocenters. The monoisotopic (exact) mass is 264 g/mol. The normalized spacial score (nSPS) is 23.7. The van der Waals surface area contributed by atoms with Gasteiger partial charge in [0.1, 0.15) is 0 Å². The van der Waals surface area contributed by atoms with Crippen molar-refractivity contribution in [2.75, 3.05) is 13.7 Å². The Kier molecular flexibility index (Phi) is 4.22. The first-order chi connectivity index (χ1) is 9.10. The Labute approximate surface area is 113 Å². The number of aryl methyl sites for hydroxylation is 1. The predicted molar refractivity (Wildman–Crippen MR) is 71.2 cm³/mol. The highest BCUT2D eigenvalue weighted by atomic mass is 16.5. The van der Waals surface area contributed by atoms with Gasteiger partial charge >= 0.3 is 5.97 Å². The third kappa shape index (κ3) is 2.65. The zero-order valence-electron chi connectivity index (χ0n) is 11.1. The van der Waals surface area contributed by atoms with Gasteiger partial charge < -0.3 is 14.9 Å². The zero-order valence-corrected chi connectivity index (χ0v) is 11.1. The van der Waals surface area contributed by atoms with Crippen LogP contribution < -0.4 is 0 Å². The average molecular weight is 264 g/mol. The number of hydrogen-bond acceptors (Lipinski definition) is 3. The predicted octanol–water partition coefficient (Wildman–Crippen LogP) is 1.74. The summed E-state index contributed by atoms with van der Waals surface area (Å²) in [4.78, 5) is 11.8. The smallest absolute Gasteiger partial charge is 0.314 e. The molecule has 2 N–H and O–H groups in total. The van der Waals surface area contributed by atoms with E-state index in [-0.39, 0.29) is 13.0 Å². The van der Waals surface area contributed by atoms with Crippen molar-refractivity contribution in [3.05, 3.63) is 35.4 Å². The summed E-state index contributed by atoms with van der Waals surface area (Å²) in [5.74, 6) is -0.852. The molecule has 4 nitrogen and oxygen atoms in total. The fraction of sp³-hybridized carbons (Fsp3) is 0.533. The third-order valence-electron chi connectivity index (χ3n) is 3.94. The molecule has 0 amide bonds. The average Bonchev–Trinajstić information content (AvgIpc) is 2.39. The molecule has 2 atom stereocenters. The van der Waals surface area contributed by atoms with Gasteiger partial charge in [-0.1, -0.05) is 24.3 Å². The lowest BCUT2D eigenvalue weighted by molar-refractivity contribution is -0.146. The SMILES string of the molecule is COCC(O)CC1(C(=O)O)CCCc2ccccc21. The first-order valence-electron chi connectivity index (χ1n) is 6.59. The molecule has 1 aromatic rings. The number of aliphatic hydroxyl groups is 1. The van der Waals surface area contributed by atoms with Crippen LogP contribution >= 0.6 is 0 Å².